The fourth-order valence-corrected chi connectivity index (χ4v) is 0.894. The Morgan fingerprint density at radius 1 is 1.33 bits per heavy atom. The second-order valence-corrected chi connectivity index (χ2v) is 3.11. The van der Waals surface area contributed by atoms with Crippen LogP contribution in [0.1, 0.15) is 18.7 Å². The molecule has 1 rings (SSSR count). The van der Waals surface area contributed by atoms with E-state index in [0.717, 1.165) is 4.90 Å². The first-order valence-electron chi connectivity index (χ1n) is 5.04. The van der Waals surface area contributed by atoms with Crippen molar-refractivity contribution in [3.05, 3.63) is 35.3 Å². The lowest BCUT2D eigenvalue weighted by molar-refractivity contribution is -0.137. The summed E-state index contributed by atoms with van der Waals surface area (Å²) in [6, 6.07) is -0.0872. The summed E-state index contributed by atoms with van der Waals surface area (Å²) in [5.74, 6) is -0.659. The van der Waals surface area contributed by atoms with Crippen LogP contribution in [-0.2, 0) is 6.18 Å². The van der Waals surface area contributed by atoms with Gasteiger partial charge in [-0.15, -0.1) is 0 Å². The number of nitrogens with zero attached hydrogens (tertiary/aromatic N) is 1. The predicted octanol–water partition coefficient (Wildman–Crippen LogP) is 2.41. The molecule has 0 aliphatic carbocycles. The van der Waals surface area contributed by atoms with Gasteiger partial charge in [-0.25, -0.2) is 0 Å². The Labute approximate surface area is 88.1 Å². The first kappa shape index (κ1) is 8.76. The molecule has 82 valence electrons. The van der Waals surface area contributed by atoms with Crippen LogP contribution in [0.15, 0.2) is 24.2 Å². The summed E-state index contributed by atoms with van der Waals surface area (Å²) in [7, 11) is 2.80. The van der Waals surface area contributed by atoms with E-state index in [2.05, 4.69) is 0 Å². The smallest absolute Gasteiger partial charge is 0.345 e. The van der Waals surface area contributed by atoms with Gasteiger partial charge in [0.15, 0.2) is 0 Å². The first-order chi connectivity index (χ1) is 7.64. The van der Waals surface area contributed by atoms with Crippen molar-refractivity contribution >= 4 is 5.91 Å². The molecule has 0 saturated heterocycles. The third kappa shape index (κ3) is 2.71. The summed E-state index contributed by atoms with van der Waals surface area (Å²) >= 11 is 0. The highest BCUT2D eigenvalue weighted by Gasteiger charge is 2.30. The second-order valence-electron chi connectivity index (χ2n) is 3.11. The standard InChI is InChI=1S/C10H10F3NO/c1-14(2)9(15)7-3-5-8(6-4-7)10(11,12)13/h3-6H,1-2H3/i3D,4D. The quantitative estimate of drug-likeness (QED) is 0.710. The predicted molar refractivity (Wildman–Crippen MR) is 49.5 cm³/mol. The lowest BCUT2D eigenvalue weighted by atomic mass is 10.1. The van der Waals surface area contributed by atoms with E-state index in [9.17, 15) is 18.0 Å². The van der Waals surface area contributed by atoms with Crippen LogP contribution in [0.3, 0.4) is 0 Å². The van der Waals surface area contributed by atoms with Crippen LogP contribution in [-0.4, -0.2) is 24.9 Å². The zero-order chi connectivity index (χ0) is 13.4. The molecular weight excluding hydrogens is 207 g/mol. The van der Waals surface area contributed by atoms with Crippen molar-refractivity contribution in [2.75, 3.05) is 14.1 Å². The number of carbonyl (C=O) groups is 1. The van der Waals surface area contributed by atoms with Gasteiger partial charge < -0.3 is 4.90 Å². The summed E-state index contributed by atoms with van der Waals surface area (Å²) in [6.45, 7) is 0. The number of hydrogen-bond donors (Lipinski definition) is 0. The summed E-state index contributed by atoms with van der Waals surface area (Å²) in [4.78, 5) is 12.7. The topological polar surface area (TPSA) is 20.3 Å². The van der Waals surface area contributed by atoms with Gasteiger partial charge in [0, 0.05) is 19.7 Å². The number of hydrogen-bond acceptors (Lipinski definition) is 1. The molecule has 0 saturated carbocycles. The van der Waals surface area contributed by atoms with Crippen LogP contribution in [0.4, 0.5) is 13.2 Å². The molecule has 0 atom stereocenters. The van der Waals surface area contributed by atoms with Gasteiger partial charge >= 0.3 is 6.18 Å². The zero-order valence-electron chi connectivity index (χ0n) is 10.1. The minimum atomic E-state index is -4.62. The van der Waals surface area contributed by atoms with Crippen molar-refractivity contribution in [2.45, 2.75) is 6.18 Å². The molecule has 0 N–H and O–H groups in total. The molecule has 0 heterocycles. The van der Waals surface area contributed by atoms with Crippen molar-refractivity contribution < 1.29 is 20.7 Å². The molecule has 1 aromatic carbocycles. The molecule has 1 amide bonds. The van der Waals surface area contributed by atoms with Crippen molar-refractivity contribution in [1.82, 2.24) is 4.90 Å². The van der Waals surface area contributed by atoms with E-state index in [1.165, 1.54) is 14.1 Å². The van der Waals surface area contributed by atoms with E-state index < -0.39 is 29.7 Å². The van der Waals surface area contributed by atoms with Gasteiger partial charge in [0.2, 0.25) is 0 Å². The lowest BCUT2D eigenvalue weighted by Gasteiger charge is -2.11. The molecule has 0 aromatic heterocycles. The molecular formula is C10H10F3NO. The average molecular weight is 219 g/mol. The SMILES string of the molecule is [2H]c1cc(C(F)(F)F)cc([2H])c1C(=O)N(C)C. The Morgan fingerprint density at radius 2 is 1.80 bits per heavy atom. The number of benzene rings is 1. The third-order valence-corrected chi connectivity index (χ3v) is 1.69. The third-order valence-electron chi connectivity index (χ3n) is 1.69. The normalized spacial score (nSPS) is 13.1. The van der Waals surface area contributed by atoms with Gasteiger partial charge in [-0.2, -0.15) is 13.2 Å². The van der Waals surface area contributed by atoms with E-state index in [1.807, 2.05) is 0 Å². The first-order valence-corrected chi connectivity index (χ1v) is 4.04. The van der Waals surface area contributed by atoms with Crippen molar-refractivity contribution in [1.29, 1.82) is 0 Å². The maximum Gasteiger partial charge on any atom is 0.416 e. The zero-order valence-corrected chi connectivity index (χ0v) is 8.14. The molecule has 0 fully saturated rings. The summed E-state index contributed by atoms with van der Waals surface area (Å²) in [5.41, 5.74) is -1.43. The summed E-state index contributed by atoms with van der Waals surface area (Å²) in [6.07, 6.45) is -4.62. The second kappa shape index (κ2) is 3.92. The van der Waals surface area contributed by atoms with Crippen LogP contribution < -0.4 is 0 Å². The minimum absolute atomic E-state index is 0.331. The maximum absolute atomic E-state index is 12.4. The molecule has 5 heteroatoms. The highest BCUT2D eigenvalue weighted by Crippen LogP contribution is 2.29. The molecule has 0 aliphatic rings. The highest BCUT2D eigenvalue weighted by molar-refractivity contribution is 5.93. The number of halogens is 3. The number of amides is 1. The number of alkyl halides is 3. The monoisotopic (exact) mass is 219 g/mol. The Morgan fingerprint density at radius 3 is 2.13 bits per heavy atom. The van der Waals surface area contributed by atoms with Gasteiger partial charge in [0.25, 0.3) is 5.91 Å². The Balaban J connectivity index is 3.35. The van der Waals surface area contributed by atoms with E-state index in [0.29, 0.717) is 12.1 Å². The highest BCUT2D eigenvalue weighted by atomic mass is 19.4. The molecule has 0 aliphatic heterocycles. The van der Waals surface area contributed by atoms with Crippen LogP contribution >= 0.6 is 0 Å². The Hall–Kier alpha value is -1.52. The molecule has 0 radical (unpaired) electrons. The van der Waals surface area contributed by atoms with Crippen LogP contribution in [0, 0.1) is 0 Å². The van der Waals surface area contributed by atoms with Gasteiger partial charge in [0.1, 0.15) is 0 Å². The molecule has 1 aromatic rings. The van der Waals surface area contributed by atoms with Crippen molar-refractivity contribution in [3.8, 4) is 0 Å². The fraction of sp³-hybridized carbons (Fsp3) is 0.300. The molecule has 2 nitrogen and oxygen atoms in total. The Kier molecular flexibility index (Phi) is 2.29. The van der Waals surface area contributed by atoms with Crippen molar-refractivity contribution in [2.24, 2.45) is 0 Å². The minimum Gasteiger partial charge on any atom is -0.345 e. The number of rotatable bonds is 1. The summed E-state index contributed by atoms with van der Waals surface area (Å²) < 4.78 is 51.9. The maximum atomic E-state index is 12.4. The van der Waals surface area contributed by atoms with E-state index >= 15 is 0 Å². The molecule has 0 bridgehead atoms. The Bertz CT molecular complexity index is 434. The molecule has 0 spiro atoms. The summed E-state index contributed by atoms with van der Waals surface area (Å²) in [5, 5.41) is 0. The van der Waals surface area contributed by atoms with E-state index in [1.54, 1.807) is 0 Å². The van der Waals surface area contributed by atoms with E-state index in [4.69, 9.17) is 2.74 Å². The largest absolute Gasteiger partial charge is 0.416 e. The van der Waals surface area contributed by atoms with Crippen LogP contribution in [0.5, 0.6) is 0 Å². The van der Waals surface area contributed by atoms with Gasteiger partial charge in [-0.1, -0.05) is 0 Å². The van der Waals surface area contributed by atoms with Crippen LogP contribution in [0.25, 0.3) is 0 Å². The average Bonchev–Trinajstić information content (AvgIpc) is 2.14. The van der Waals surface area contributed by atoms with Crippen molar-refractivity contribution in [3.63, 3.8) is 0 Å². The fourth-order valence-electron chi connectivity index (χ4n) is 0.894. The van der Waals surface area contributed by atoms with Crippen LogP contribution in [0.2, 0.25) is 0 Å². The molecule has 15 heavy (non-hydrogen) atoms. The molecule has 0 unspecified atom stereocenters. The number of carbonyl (C=O) groups excluding carboxylic acids is 1. The van der Waals surface area contributed by atoms with Gasteiger partial charge in [-0.3, -0.25) is 4.79 Å². The van der Waals surface area contributed by atoms with Gasteiger partial charge in [-0.05, 0) is 24.2 Å². The van der Waals surface area contributed by atoms with Gasteiger partial charge in [0.05, 0.1) is 8.30 Å². The lowest BCUT2D eigenvalue weighted by Crippen LogP contribution is -2.21. The van der Waals surface area contributed by atoms with E-state index in [-0.39, 0.29) is 5.56 Å².